The summed E-state index contributed by atoms with van der Waals surface area (Å²) in [7, 11) is 0. The molecule has 0 aliphatic rings. The molecule has 0 fully saturated rings. The third-order valence-electron chi connectivity index (χ3n) is 5.16. The number of ether oxygens (including phenoxy) is 4. The van der Waals surface area contributed by atoms with Crippen LogP contribution in [0.3, 0.4) is 0 Å². The van der Waals surface area contributed by atoms with Crippen LogP contribution in [0.4, 0.5) is 0 Å². The van der Waals surface area contributed by atoms with E-state index < -0.39 is 11.9 Å². The molecule has 4 rings (SSSR count). The van der Waals surface area contributed by atoms with Crippen molar-refractivity contribution in [2.24, 2.45) is 0 Å². The highest BCUT2D eigenvalue weighted by Gasteiger charge is 2.13. The van der Waals surface area contributed by atoms with Crippen molar-refractivity contribution in [1.82, 2.24) is 0 Å². The molecule has 11 nitrogen and oxygen atoms in total. The van der Waals surface area contributed by atoms with Gasteiger partial charge in [-0.25, -0.2) is 9.59 Å². The Morgan fingerprint density at radius 3 is 1.54 bits per heavy atom. The lowest BCUT2D eigenvalue weighted by Gasteiger charge is -2.07. The second-order valence-corrected chi connectivity index (χ2v) is 7.67. The summed E-state index contributed by atoms with van der Waals surface area (Å²) in [6.45, 7) is 0. The van der Waals surface area contributed by atoms with E-state index in [2.05, 4.69) is 14.2 Å². The summed E-state index contributed by atoms with van der Waals surface area (Å²) in [5.74, 6) is -0.233. The third-order valence-corrected chi connectivity index (χ3v) is 5.16. The minimum atomic E-state index is -1.07. The number of rotatable bonds is 7. The predicted octanol–water partition coefficient (Wildman–Crippen LogP) is 5.41. The summed E-state index contributed by atoms with van der Waals surface area (Å²) in [4.78, 5) is 23.1. The van der Waals surface area contributed by atoms with Gasteiger partial charge >= 0.3 is 11.9 Å². The van der Waals surface area contributed by atoms with Crippen molar-refractivity contribution in [3.63, 3.8) is 0 Å². The molecule has 41 heavy (non-hydrogen) atoms. The van der Waals surface area contributed by atoms with Crippen molar-refractivity contribution >= 4 is 11.9 Å². The van der Waals surface area contributed by atoms with Crippen LogP contribution in [0, 0.1) is 45.9 Å². The number of hydrogen-bond acceptors (Lipinski definition) is 10. The molecule has 0 saturated carbocycles. The van der Waals surface area contributed by atoms with Crippen molar-refractivity contribution in [1.29, 1.82) is 21.0 Å². The normalized spacial score (nSPS) is 9.17. The third kappa shape index (κ3) is 8.08. The van der Waals surface area contributed by atoms with Gasteiger partial charge in [-0.15, -0.1) is 15.8 Å². The van der Waals surface area contributed by atoms with E-state index in [-0.39, 0.29) is 5.56 Å². The summed E-state index contributed by atoms with van der Waals surface area (Å²) < 4.78 is 19.0. The first-order valence-electron chi connectivity index (χ1n) is 11.4. The molecular formula is C30H16N4O7. The van der Waals surface area contributed by atoms with Gasteiger partial charge in [0.1, 0.15) is 23.0 Å². The molecule has 1 N–H and O–H groups in total. The maximum atomic E-state index is 11.9. The highest BCUT2D eigenvalue weighted by Crippen LogP contribution is 2.27. The standard InChI is InChI=1S/C15H8N2O4.C15H8N2O3/c16-9-19-12-3-1-11(2-4-12)15(18)21-14-7-5-13(6-8-14)20-10-17;16-8-10-1-6-13(15(18)19)14(7-10)11-2-4-12(5-3-11)20-9-17/h1-8H;1-7H,(H,18,19). The first-order valence-corrected chi connectivity index (χ1v) is 11.4. The van der Waals surface area contributed by atoms with Crippen molar-refractivity contribution in [2.75, 3.05) is 0 Å². The van der Waals surface area contributed by atoms with Gasteiger partial charge in [0.15, 0.2) is 0 Å². The Labute approximate surface area is 233 Å². The zero-order chi connectivity index (χ0) is 29.6. The van der Waals surface area contributed by atoms with Gasteiger partial charge in [-0.05, 0) is 90.0 Å². The van der Waals surface area contributed by atoms with Gasteiger partial charge in [0.25, 0.3) is 18.8 Å². The van der Waals surface area contributed by atoms with Crippen molar-refractivity contribution in [2.45, 2.75) is 0 Å². The zero-order valence-electron chi connectivity index (χ0n) is 20.8. The lowest BCUT2D eigenvalue weighted by molar-refractivity contribution is 0.0695. The summed E-state index contributed by atoms with van der Waals surface area (Å²) in [6.07, 6.45) is 4.63. The van der Waals surface area contributed by atoms with Crippen LogP contribution in [0.2, 0.25) is 0 Å². The number of aromatic carboxylic acids is 1. The number of esters is 1. The van der Waals surface area contributed by atoms with Crippen LogP contribution in [-0.2, 0) is 0 Å². The molecule has 0 atom stereocenters. The molecule has 0 spiro atoms. The molecule has 198 valence electrons. The largest absolute Gasteiger partial charge is 0.478 e. The van der Waals surface area contributed by atoms with E-state index in [0.29, 0.717) is 45.3 Å². The van der Waals surface area contributed by atoms with Crippen LogP contribution in [0.15, 0.2) is 91.0 Å². The Morgan fingerprint density at radius 1 is 0.610 bits per heavy atom. The van der Waals surface area contributed by atoms with Crippen molar-refractivity contribution in [3.8, 4) is 59.0 Å². The predicted molar refractivity (Wildman–Crippen MR) is 140 cm³/mol. The lowest BCUT2D eigenvalue weighted by atomic mass is 9.97. The molecule has 0 saturated heterocycles. The summed E-state index contributed by atoms with van der Waals surface area (Å²) >= 11 is 0. The van der Waals surface area contributed by atoms with Crippen molar-refractivity contribution < 1.29 is 33.6 Å². The minimum absolute atomic E-state index is 0.109. The minimum Gasteiger partial charge on any atom is -0.478 e. The summed E-state index contributed by atoms with van der Waals surface area (Å²) in [6, 6.07) is 24.7. The fourth-order valence-electron chi connectivity index (χ4n) is 3.30. The Hall–Kier alpha value is -6.82. The average molecular weight is 544 g/mol. The van der Waals surface area contributed by atoms with Gasteiger partial charge in [0.05, 0.1) is 22.8 Å². The van der Waals surface area contributed by atoms with Crippen LogP contribution in [0.25, 0.3) is 11.1 Å². The van der Waals surface area contributed by atoms with E-state index in [1.807, 2.05) is 6.07 Å². The van der Waals surface area contributed by atoms with E-state index in [9.17, 15) is 14.7 Å². The number of benzene rings is 4. The highest BCUT2D eigenvalue weighted by molar-refractivity contribution is 5.96. The van der Waals surface area contributed by atoms with E-state index in [1.165, 1.54) is 73.0 Å². The van der Waals surface area contributed by atoms with Gasteiger partial charge in [0.2, 0.25) is 0 Å². The molecule has 0 radical (unpaired) electrons. The fraction of sp³-hybridized carbons (Fsp3) is 0. The van der Waals surface area contributed by atoms with Gasteiger partial charge in [-0.3, -0.25) is 0 Å². The number of carbonyl (C=O) groups excluding carboxylic acids is 1. The lowest BCUT2D eigenvalue weighted by Crippen LogP contribution is -2.08. The average Bonchev–Trinajstić information content (AvgIpc) is 2.99. The van der Waals surface area contributed by atoms with Gasteiger partial charge in [0, 0.05) is 0 Å². The number of nitrogens with zero attached hydrogens (tertiary/aromatic N) is 4. The maximum Gasteiger partial charge on any atom is 0.343 e. The molecule has 0 aromatic heterocycles. The van der Waals surface area contributed by atoms with E-state index >= 15 is 0 Å². The molecule has 11 heteroatoms. The van der Waals surface area contributed by atoms with Crippen LogP contribution < -0.4 is 18.9 Å². The van der Waals surface area contributed by atoms with Gasteiger partial charge < -0.3 is 24.1 Å². The summed E-state index contributed by atoms with van der Waals surface area (Å²) in [5, 5.41) is 43.2. The fourth-order valence-corrected chi connectivity index (χ4v) is 3.30. The maximum absolute atomic E-state index is 11.9. The Kier molecular flexibility index (Phi) is 9.96. The second kappa shape index (κ2) is 14.2. The molecule has 0 bridgehead atoms. The molecule has 0 amide bonds. The number of carbonyl (C=O) groups is 2. The number of carboxylic acids is 1. The molecule has 0 aliphatic carbocycles. The van der Waals surface area contributed by atoms with E-state index in [4.69, 9.17) is 25.8 Å². The van der Waals surface area contributed by atoms with Crippen molar-refractivity contribution in [3.05, 3.63) is 108 Å². The van der Waals surface area contributed by atoms with Gasteiger partial charge in [-0.1, -0.05) is 12.1 Å². The highest BCUT2D eigenvalue weighted by atomic mass is 16.5. The number of hydrogen-bond donors (Lipinski definition) is 1. The smallest absolute Gasteiger partial charge is 0.343 e. The van der Waals surface area contributed by atoms with E-state index in [1.54, 1.807) is 36.8 Å². The van der Waals surface area contributed by atoms with E-state index in [0.717, 1.165) is 0 Å². The molecular weight excluding hydrogens is 528 g/mol. The zero-order valence-corrected chi connectivity index (χ0v) is 20.8. The monoisotopic (exact) mass is 544 g/mol. The van der Waals surface area contributed by atoms with Crippen LogP contribution in [0.5, 0.6) is 23.0 Å². The quantitative estimate of drug-likeness (QED) is 0.178. The SMILES string of the molecule is N#COc1ccc(-c2cc(C#N)ccc2C(=O)O)cc1.N#COc1ccc(OC(=O)c2ccc(OC#N)cc2)cc1. The Morgan fingerprint density at radius 2 is 1.07 bits per heavy atom. The molecule has 4 aromatic carbocycles. The number of nitriles is 4. The van der Waals surface area contributed by atoms with Crippen LogP contribution in [0.1, 0.15) is 26.3 Å². The Bertz CT molecular complexity index is 1710. The Balaban J connectivity index is 0.000000226. The number of carboxylic acid groups (broad SMARTS) is 1. The summed E-state index contributed by atoms with van der Waals surface area (Å²) in [5.41, 5.74) is 1.88. The first-order chi connectivity index (χ1) is 19.9. The van der Waals surface area contributed by atoms with Crippen LogP contribution in [-0.4, -0.2) is 17.0 Å². The molecule has 0 aliphatic heterocycles. The second-order valence-electron chi connectivity index (χ2n) is 7.67. The molecule has 4 aromatic rings. The topological polar surface area (TPSA) is 186 Å². The molecule has 0 unspecified atom stereocenters. The first kappa shape index (κ1) is 28.7. The molecule has 0 heterocycles. The van der Waals surface area contributed by atoms with Gasteiger partial charge in [-0.2, -0.15) is 5.26 Å². The van der Waals surface area contributed by atoms with Crippen LogP contribution >= 0.6 is 0 Å².